The monoisotopic (exact) mass is 303 g/mol. The lowest BCUT2D eigenvalue weighted by Crippen LogP contribution is -2.42. The second kappa shape index (κ2) is 7.84. The lowest BCUT2D eigenvalue weighted by Gasteiger charge is -2.16. The van der Waals surface area contributed by atoms with Gasteiger partial charge in [-0.25, -0.2) is 13.6 Å². The Hall–Kier alpha value is -1.63. The Morgan fingerprint density at radius 3 is 2.45 bits per heavy atom. The topological polar surface area (TPSA) is 55.4 Å². The molecule has 20 heavy (non-hydrogen) atoms. The second-order valence-corrected chi connectivity index (χ2v) is 4.91. The standard InChI is InChI=1S/C13H15F2NO3S/c1-19-13(18)10(6-7-20-2)16-12(17)11-8(14)4-3-5-9(11)15/h3-5,10H,6-7H2,1-2H3,(H,16,17)/t10-/m0/s1. The molecule has 0 bridgehead atoms. The SMILES string of the molecule is COC(=O)[C@H](CCSC)NC(=O)c1c(F)cccc1F. The van der Waals surface area contributed by atoms with E-state index in [0.717, 1.165) is 18.2 Å². The molecule has 110 valence electrons. The van der Waals surface area contributed by atoms with E-state index in [9.17, 15) is 18.4 Å². The molecule has 1 rings (SSSR count). The van der Waals surface area contributed by atoms with E-state index in [-0.39, 0.29) is 0 Å². The number of carbonyl (C=O) groups is 2. The van der Waals surface area contributed by atoms with Crippen molar-refractivity contribution in [3.8, 4) is 0 Å². The summed E-state index contributed by atoms with van der Waals surface area (Å²) in [5, 5.41) is 2.29. The number of methoxy groups -OCH3 is 1. The number of ether oxygens (including phenoxy) is 1. The molecule has 1 N–H and O–H groups in total. The number of nitrogens with one attached hydrogen (secondary N) is 1. The van der Waals surface area contributed by atoms with E-state index in [0.29, 0.717) is 12.2 Å². The normalized spacial score (nSPS) is 11.8. The van der Waals surface area contributed by atoms with Crippen molar-refractivity contribution in [2.24, 2.45) is 0 Å². The van der Waals surface area contributed by atoms with Gasteiger partial charge in [-0.3, -0.25) is 4.79 Å². The maximum atomic E-state index is 13.5. The molecular weight excluding hydrogens is 288 g/mol. The number of hydrogen-bond donors (Lipinski definition) is 1. The smallest absolute Gasteiger partial charge is 0.328 e. The Morgan fingerprint density at radius 1 is 1.35 bits per heavy atom. The summed E-state index contributed by atoms with van der Waals surface area (Å²) in [4.78, 5) is 23.4. The summed E-state index contributed by atoms with van der Waals surface area (Å²) in [5.74, 6) is -2.98. The van der Waals surface area contributed by atoms with Crippen LogP contribution < -0.4 is 5.32 Å². The number of halogens is 2. The highest BCUT2D eigenvalue weighted by Gasteiger charge is 2.24. The number of benzene rings is 1. The fraction of sp³-hybridized carbons (Fsp3) is 0.385. The number of carbonyl (C=O) groups excluding carboxylic acids is 2. The first kappa shape index (κ1) is 16.4. The molecule has 0 aliphatic carbocycles. The van der Waals surface area contributed by atoms with Gasteiger partial charge in [0, 0.05) is 0 Å². The zero-order valence-electron chi connectivity index (χ0n) is 11.1. The maximum Gasteiger partial charge on any atom is 0.328 e. The molecule has 7 heteroatoms. The molecular formula is C13H15F2NO3S. The van der Waals surface area contributed by atoms with Gasteiger partial charge in [-0.1, -0.05) is 6.07 Å². The quantitative estimate of drug-likeness (QED) is 0.817. The average Bonchev–Trinajstić information content (AvgIpc) is 2.42. The highest BCUT2D eigenvalue weighted by Crippen LogP contribution is 2.13. The van der Waals surface area contributed by atoms with Crippen molar-refractivity contribution in [1.29, 1.82) is 0 Å². The van der Waals surface area contributed by atoms with Crippen molar-refractivity contribution >= 4 is 23.6 Å². The summed E-state index contributed by atoms with van der Waals surface area (Å²) < 4.78 is 31.5. The molecule has 1 amide bonds. The Kier molecular flexibility index (Phi) is 6.44. The first-order valence-electron chi connectivity index (χ1n) is 5.83. The van der Waals surface area contributed by atoms with Crippen molar-refractivity contribution in [3.63, 3.8) is 0 Å². The van der Waals surface area contributed by atoms with Gasteiger partial charge in [-0.15, -0.1) is 0 Å². The van der Waals surface area contributed by atoms with Crippen LogP contribution in [-0.4, -0.2) is 37.0 Å². The lowest BCUT2D eigenvalue weighted by atomic mass is 10.1. The fourth-order valence-corrected chi connectivity index (χ4v) is 2.04. The van der Waals surface area contributed by atoms with Crippen LogP contribution in [0, 0.1) is 11.6 Å². The van der Waals surface area contributed by atoms with Crippen LogP contribution >= 0.6 is 11.8 Å². The average molecular weight is 303 g/mol. The number of amides is 1. The highest BCUT2D eigenvalue weighted by molar-refractivity contribution is 7.98. The molecule has 0 aromatic heterocycles. The predicted molar refractivity (Wildman–Crippen MR) is 72.6 cm³/mol. The van der Waals surface area contributed by atoms with Gasteiger partial charge in [0.25, 0.3) is 5.91 Å². The van der Waals surface area contributed by atoms with Crippen LogP contribution in [0.25, 0.3) is 0 Å². The zero-order valence-corrected chi connectivity index (χ0v) is 11.9. The third-order valence-electron chi connectivity index (χ3n) is 2.59. The number of thioether (sulfide) groups is 1. The van der Waals surface area contributed by atoms with Crippen LogP contribution in [0.4, 0.5) is 8.78 Å². The lowest BCUT2D eigenvalue weighted by molar-refractivity contribution is -0.142. The van der Waals surface area contributed by atoms with E-state index in [1.807, 2.05) is 6.26 Å². The van der Waals surface area contributed by atoms with Gasteiger partial charge in [0.05, 0.1) is 7.11 Å². The molecule has 1 aromatic carbocycles. The number of hydrogen-bond acceptors (Lipinski definition) is 4. The Labute approximate surface area is 119 Å². The molecule has 1 aromatic rings. The van der Waals surface area contributed by atoms with Crippen LogP contribution in [0.2, 0.25) is 0 Å². The fourth-order valence-electron chi connectivity index (χ4n) is 1.57. The molecule has 0 spiro atoms. The van der Waals surface area contributed by atoms with Crippen molar-refractivity contribution < 1.29 is 23.1 Å². The molecule has 0 unspecified atom stereocenters. The third-order valence-corrected chi connectivity index (χ3v) is 3.24. The van der Waals surface area contributed by atoms with Crippen molar-refractivity contribution in [2.45, 2.75) is 12.5 Å². The molecule has 0 heterocycles. The Bertz CT molecular complexity index is 476. The van der Waals surface area contributed by atoms with Gasteiger partial charge in [0.15, 0.2) is 0 Å². The van der Waals surface area contributed by atoms with Crippen molar-refractivity contribution in [3.05, 3.63) is 35.4 Å². The maximum absolute atomic E-state index is 13.5. The minimum atomic E-state index is -0.976. The van der Waals surface area contributed by atoms with Crippen LogP contribution in [0.5, 0.6) is 0 Å². The summed E-state index contributed by atoms with van der Waals surface area (Å²) >= 11 is 1.48. The molecule has 1 atom stereocenters. The van der Waals surface area contributed by atoms with Gasteiger partial charge in [-0.05, 0) is 30.6 Å². The highest BCUT2D eigenvalue weighted by atomic mass is 32.2. The molecule has 0 saturated heterocycles. The molecule has 0 fully saturated rings. The van der Waals surface area contributed by atoms with Crippen molar-refractivity contribution in [1.82, 2.24) is 5.32 Å². The summed E-state index contributed by atoms with van der Waals surface area (Å²) in [7, 11) is 1.18. The van der Waals surface area contributed by atoms with Crippen LogP contribution in [0.1, 0.15) is 16.8 Å². The van der Waals surface area contributed by atoms with E-state index in [1.165, 1.54) is 18.9 Å². The second-order valence-electron chi connectivity index (χ2n) is 3.93. The van der Waals surface area contributed by atoms with Gasteiger partial charge < -0.3 is 10.1 Å². The minimum Gasteiger partial charge on any atom is -0.467 e. The number of esters is 1. The predicted octanol–water partition coefficient (Wildman–Crippen LogP) is 1.99. The van der Waals surface area contributed by atoms with E-state index in [2.05, 4.69) is 10.1 Å². The Balaban J connectivity index is 2.87. The minimum absolute atomic E-state index is 0.315. The van der Waals surface area contributed by atoms with Gasteiger partial charge in [0.2, 0.25) is 0 Å². The van der Waals surface area contributed by atoms with Crippen LogP contribution in [0.3, 0.4) is 0 Å². The van der Waals surface area contributed by atoms with E-state index < -0.39 is 35.1 Å². The Morgan fingerprint density at radius 2 is 1.95 bits per heavy atom. The zero-order chi connectivity index (χ0) is 15.1. The molecule has 0 aliphatic heterocycles. The summed E-state index contributed by atoms with van der Waals surface area (Å²) in [5.41, 5.74) is -0.703. The van der Waals surface area contributed by atoms with Crippen molar-refractivity contribution in [2.75, 3.05) is 19.1 Å². The van der Waals surface area contributed by atoms with Gasteiger partial charge in [0.1, 0.15) is 23.2 Å². The molecule has 0 aliphatic rings. The van der Waals surface area contributed by atoms with Crippen LogP contribution in [0.15, 0.2) is 18.2 Å². The van der Waals surface area contributed by atoms with E-state index in [1.54, 1.807) is 0 Å². The largest absolute Gasteiger partial charge is 0.467 e. The van der Waals surface area contributed by atoms with E-state index >= 15 is 0 Å². The third kappa shape index (κ3) is 4.19. The summed E-state index contributed by atoms with van der Waals surface area (Å²) in [6, 6.07) is 2.19. The van der Waals surface area contributed by atoms with Gasteiger partial charge >= 0.3 is 5.97 Å². The van der Waals surface area contributed by atoms with Gasteiger partial charge in [-0.2, -0.15) is 11.8 Å². The molecule has 0 radical (unpaired) electrons. The van der Waals surface area contributed by atoms with Crippen LogP contribution in [-0.2, 0) is 9.53 Å². The number of rotatable bonds is 6. The first-order chi connectivity index (χ1) is 9.51. The van der Waals surface area contributed by atoms with E-state index in [4.69, 9.17) is 0 Å². The first-order valence-corrected chi connectivity index (χ1v) is 7.22. The molecule has 0 saturated carbocycles. The summed E-state index contributed by atoms with van der Waals surface area (Å²) in [6.45, 7) is 0. The summed E-state index contributed by atoms with van der Waals surface area (Å²) in [6.07, 6.45) is 2.16. The molecule has 4 nitrogen and oxygen atoms in total.